The predicted octanol–water partition coefficient (Wildman–Crippen LogP) is 12.0. The van der Waals surface area contributed by atoms with Gasteiger partial charge in [-0.3, -0.25) is 0 Å². The number of nitrogens with zero attached hydrogens (tertiary/aromatic N) is 5. The number of terminal acetylenes is 1. The van der Waals surface area contributed by atoms with Gasteiger partial charge in [0.2, 0.25) is 0 Å². The van der Waals surface area contributed by atoms with Crippen molar-refractivity contribution >= 4 is 156 Å². The quantitative estimate of drug-likeness (QED) is 0.131. The van der Waals surface area contributed by atoms with Crippen LogP contribution in [0.3, 0.4) is 0 Å². The van der Waals surface area contributed by atoms with Crippen LogP contribution in [0, 0.1) is 35.0 Å². The summed E-state index contributed by atoms with van der Waals surface area (Å²) in [6.07, 6.45) is 5.97. The van der Waals surface area contributed by atoms with Crippen LogP contribution in [0.1, 0.15) is 16.7 Å². The normalized spacial score (nSPS) is 12.8. The van der Waals surface area contributed by atoms with Crippen LogP contribution in [0.2, 0.25) is 0 Å². The molecule has 2 aliphatic rings. The molecule has 0 saturated heterocycles. The van der Waals surface area contributed by atoms with Crippen molar-refractivity contribution in [2.75, 3.05) is 0 Å². The second-order valence-electron chi connectivity index (χ2n) is 18.9. The fourth-order valence-electron chi connectivity index (χ4n) is 12.2. The van der Waals surface area contributed by atoms with Gasteiger partial charge in [-0.25, -0.2) is 0 Å². The average Bonchev–Trinajstić information content (AvgIpc) is 4.21. The summed E-state index contributed by atoms with van der Waals surface area (Å²) in [4.78, 5) is 2.50. The van der Waals surface area contributed by atoms with Crippen LogP contribution < -0.4 is 25.3 Å². The average molecular weight is 1020 g/mol. The topological polar surface area (TPSA) is 62.4 Å². The second kappa shape index (κ2) is 15.2. The van der Waals surface area contributed by atoms with Crippen LogP contribution in [0.4, 0.5) is 0 Å². The van der Waals surface area contributed by atoms with Crippen molar-refractivity contribution in [3.63, 3.8) is 0 Å². The molecule has 0 atom stereocenters. The van der Waals surface area contributed by atoms with Gasteiger partial charge in [-0.2, -0.15) is 5.26 Å². The first-order chi connectivity index (χ1) is 36.0. The van der Waals surface area contributed by atoms with Gasteiger partial charge in [0.1, 0.15) is 0 Å². The van der Waals surface area contributed by atoms with E-state index in [0.29, 0.717) is 11.1 Å². The zero-order valence-electron chi connectivity index (χ0n) is 38.5. The van der Waals surface area contributed by atoms with Gasteiger partial charge >= 0.3 is 412 Å². The maximum absolute atomic E-state index is 10.1. The minimum atomic E-state index is -0.0724. The Morgan fingerprint density at radius 2 is 0.973 bits per heavy atom. The number of benzene rings is 10. The monoisotopic (exact) mass is 1030 g/mol. The van der Waals surface area contributed by atoms with Gasteiger partial charge in [0.25, 0.3) is 0 Å². The molecule has 9 heteroatoms. The van der Waals surface area contributed by atoms with Crippen molar-refractivity contribution in [2.45, 2.75) is 9.79 Å². The van der Waals surface area contributed by atoms with E-state index in [9.17, 15) is 10.5 Å². The molecule has 0 N–H and O–H groups in total. The number of fused-ring (bicyclic) bond motifs is 17. The first kappa shape index (κ1) is 41.0. The van der Waals surface area contributed by atoms with E-state index >= 15 is 0 Å². The molecular formula is C64H32BN5S2Se. The van der Waals surface area contributed by atoms with Crippen LogP contribution in [0.25, 0.3) is 103 Å². The van der Waals surface area contributed by atoms with Gasteiger partial charge in [-0.15, -0.1) is 6.42 Å². The fourth-order valence-corrected chi connectivity index (χ4v) is 17.7. The Hall–Kier alpha value is -8.71. The molecule has 0 bridgehead atoms. The molecule has 14 aromatic rings. The molecule has 16 rings (SSSR count). The molecule has 0 spiro atoms. The summed E-state index contributed by atoms with van der Waals surface area (Å²) in [5.41, 5.74) is 16.3. The molecular weight excluding hydrogens is 993 g/mol. The first-order valence-electron chi connectivity index (χ1n) is 24.1. The Morgan fingerprint density at radius 3 is 1.64 bits per heavy atom. The number of hydrogen-bond donors (Lipinski definition) is 0. The van der Waals surface area contributed by atoms with Gasteiger partial charge in [0, 0.05) is 0 Å². The molecule has 0 unspecified atom stereocenters. The third-order valence-corrected chi connectivity index (χ3v) is 19.9. The Bertz CT molecular complexity index is 4870. The Morgan fingerprint density at radius 1 is 0.452 bits per heavy atom. The maximum atomic E-state index is 10.1. The van der Waals surface area contributed by atoms with E-state index < -0.39 is 0 Å². The van der Waals surface area contributed by atoms with Crippen molar-refractivity contribution in [3.8, 4) is 41.5 Å². The van der Waals surface area contributed by atoms with E-state index in [4.69, 9.17) is 6.42 Å². The number of aromatic nitrogens is 3. The third kappa shape index (κ3) is 5.64. The SMILES string of the molecule is C#Cc1ccc2c(c1)c1cc(C#N)ccc1n2-c1ccc2c(c1)Sc1cc(-n3c4ccccc4c4ccccc43)cc3c1B2c1c(cc(-n2c4ccccc4c4cc(C#N)ccc42)c2c1sc1ccccc12)[Se]3. The summed E-state index contributed by atoms with van der Waals surface area (Å²) < 4.78 is 12.6. The summed E-state index contributed by atoms with van der Waals surface area (Å²) >= 11 is 3.73. The zero-order chi connectivity index (χ0) is 48.2. The van der Waals surface area contributed by atoms with Crippen LogP contribution in [0.5, 0.6) is 0 Å². The van der Waals surface area contributed by atoms with Gasteiger partial charge in [0.05, 0.1) is 6.07 Å². The van der Waals surface area contributed by atoms with Crippen LogP contribution in [-0.2, 0) is 0 Å². The number of hydrogen-bond acceptors (Lipinski definition) is 4. The van der Waals surface area contributed by atoms with Crippen molar-refractivity contribution in [1.82, 2.24) is 13.7 Å². The fraction of sp³-hybridized carbons (Fsp3) is 0. The summed E-state index contributed by atoms with van der Waals surface area (Å²) in [7, 11) is 0. The Labute approximate surface area is 433 Å². The summed E-state index contributed by atoms with van der Waals surface area (Å²) in [5.74, 6) is 2.84. The minimum absolute atomic E-state index is 0.0244. The summed E-state index contributed by atoms with van der Waals surface area (Å²) in [5, 5.41) is 29.3. The summed E-state index contributed by atoms with van der Waals surface area (Å²) in [6, 6.07) is 72.8. The van der Waals surface area contributed by atoms with Crippen LogP contribution in [-0.4, -0.2) is 35.4 Å². The number of para-hydroxylation sites is 3. The van der Waals surface area contributed by atoms with Crippen molar-refractivity contribution < 1.29 is 0 Å². The molecule has 4 aromatic heterocycles. The van der Waals surface area contributed by atoms with Gasteiger partial charge in [-0.1, -0.05) is 5.92 Å². The van der Waals surface area contributed by atoms with Gasteiger partial charge in [0.15, 0.2) is 0 Å². The molecule has 0 aliphatic carbocycles. The first-order valence-corrected chi connectivity index (χ1v) is 27.4. The van der Waals surface area contributed by atoms with Crippen molar-refractivity contribution in [1.29, 1.82) is 10.5 Å². The number of thiophene rings is 1. The molecule has 6 heterocycles. The predicted molar refractivity (Wildman–Crippen MR) is 306 cm³/mol. The van der Waals surface area contributed by atoms with Gasteiger partial charge < -0.3 is 0 Å². The van der Waals surface area contributed by atoms with E-state index in [-0.39, 0.29) is 21.7 Å². The van der Waals surface area contributed by atoms with Gasteiger partial charge in [-0.05, 0) is 0 Å². The molecule has 0 saturated carbocycles. The number of rotatable bonds is 3. The molecule has 10 aromatic carbocycles. The van der Waals surface area contributed by atoms with E-state index in [1.54, 1.807) is 0 Å². The van der Waals surface area contributed by atoms with E-state index in [0.717, 1.165) is 54.9 Å². The van der Waals surface area contributed by atoms with E-state index in [1.165, 1.54) is 88.5 Å². The molecule has 0 radical (unpaired) electrons. The third-order valence-electron chi connectivity index (χ3n) is 15.2. The Balaban J connectivity index is 1.00. The molecule has 2 aliphatic heterocycles. The second-order valence-corrected chi connectivity index (χ2v) is 23.4. The standard InChI is InChI=1S/C64H32BN5S2Se/c1-2-36-19-24-52-46(27-36)47-29-38(35-67)20-25-53(47)68(52)39-22-23-48-57(30-39)71-58-31-40(69-49-15-7-3-11-41(49)42-12-4-8-16-50(42)69)32-59-62(58)65(48)63-60(73-59)33-55(61-44-14-6-10-18-56(44)72-64(61)63)70-51-17-9-5-13-43(51)45-28-37(34-66)21-26-54(45)70/h1,3-33H. The molecule has 73 heavy (non-hydrogen) atoms. The molecule has 0 fully saturated rings. The Kier molecular flexibility index (Phi) is 8.51. The van der Waals surface area contributed by atoms with Crippen molar-refractivity contribution in [2.24, 2.45) is 0 Å². The number of nitriles is 2. The van der Waals surface area contributed by atoms with E-state index in [2.05, 4.69) is 196 Å². The molecule has 0 amide bonds. The van der Waals surface area contributed by atoms with Crippen molar-refractivity contribution in [3.05, 3.63) is 205 Å². The van der Waals surface area contributed by atoms with E-state index in [1.807, 2.05) is 47.4 Å². The summed E-state index contributed by atoms with van der Waals surface area (Å²) in [6.45, 7) is -0.0244. The van der Waals surface area contributed by atoms with Crippen LogP contribution in [0.15, 0.2) is 198 Å². The molecule has 5 nitrogen and oxygen atoms in total. The van der Waals surface area contributed by atoms with Crippen LogP contribution >= 0.6 is 23.1 Å². The molecule has 334 valence electrons. The zero-order valence-corrected chi connectivity index (χ0v) is 41.9.